The molecular weight excluding hydrogens is 402 g/mol. The molecule has 4 aromatic rings. The van der Waals surface area contributed by atoms with Crippen molar-refractivity contribution >= 4 is 51.4 Å². The second kappa shape index (κ2) is 7.50. The van der Waals surface area contributed by atoms with Gasteiger partial charge in [-0.15, -0.1) is 0 Å². The molecule has 3 aromatic carbocycles. The third-order valence-corrected chi connectivity index (χ3v) is 5.82. The Morgan fingerprint density at radius 2 is 1.59 bits per heavy atom. The molecule has 158 valence electrons. The number of aromatic nitrogens is 1. The number of para-hydroxylation sites is 1. The summed E-state index contributed by atoms with van der Waals surface area (Å²) < 4.78 is 2.23. The number of nitrogens with one attached hydrogen (secondary N) is 1. The average molecular weight is 423 g/mol. The van der Waals surface area contributed by atoms with Gasteiger partial charge in [0.25, 0.3) is 11.8 Å². The summed E-state index contributed by atoms with van der Waals surface area (Å²) in [4.78, 5) is 39.1. The minimum Gasteiger partial charge on any atom is -0.341 e. The maximum atomic E-state index is 13.1. The van der Waals surface area contributed by atoms with Crippen molar-refractivity contribution in [3.05, 3.63) is 83.4 Å². The number of anilines is 1. The molecule has 5 rings (SSSR count). The molecule has 1 aliphatic rings. The van der Waals surface area contributed by atoms with Gasteiger partial charge in [0, 0.05) is 28.4 Å². The number of nitrogens with zero attached hydrogens (tertiary/aromatic N) is 2. The topological polar surface area (TPSA) is 71.4 Å². The molecule has 4 amide bonds. The fourth-order valence-corrected chi connectivity index (χ4v) is 4.25. The number of aryl methyl sites for hydroxylation is 2. The van der Waals surface area contributed by atoms with Gasteiger partial charge in [-0.05, 0) is 55.8 Å². The second-order valence-corrected chi connectivity index (χ2v) is 7.83. The predicted octanol–water partition coefficient (Wildman–Crippen LogP) is 4.79. The van der Waals surface area contributed by atoms with Gasteiger partial charge in [-0.25, -0.2) is 9.69 Å². The zero-order valence-electron chi connectivity index (χ0n) is 17.8. The van der Waals surface area contributed by atoms with Gasteiger partial charge in [0.15, 0.2) is 0 Å². The van der Waals surface area contributed by atoms with Crippen LogP contribution in [0.5, 0.6) is 0 Å². The lowest BCUT2D eigenvalue weighted by atomic mass is 10.0. The van der Waals surface area contributed by atoms with E-state index in [4.69, 9.17) is 0 Å². The Bertz CT molecular complexity index is 1440. The number of imide groups is 2. The lowest BCUT2D eigenvalue weighted by Gasteiger charge is -2.26. The summed E-state index contributed by atoms with van der Waals surface area (Å²) in [6.07, 6.45) is 1.54. The molecule has 0 atom stereocenters. The predicted molar refractivity (Wildman–Crippen MR) is 125 cm³/mol. The highest BCUT2D eigenvalue weighted by Crippen LogP contribution is 2.30. The molecule has 0 bridgehead atoms. The van der Waals surface area contributed by atoms with Crippen LogP contribution in [0, 0.1) is 6.92 Å². The number of fused-ring (bicyclic) bond motifs is 3. The number of benzene rings is 3. The maximum Gasteiger partial charge on any atom is 0.335 e. The Morgan fingerprint density at radius 1 is 0.875 bits per heavy atom. The number of amides is 4. The van der Waals surface area contributed by atoms with E-state index in [-0.39, 0.29) is 5.57 Å². The van der Waals surface area contributed by atoms with Gasteiger partial charge in [-0.2, -0.15) is 0 Å². The van der Waals surface area contributed by atoms with Crippen molar-refractivity contribution in [3.63, 3.8) is 0 Å². The molecule has 32 heavy (non-hydrogen) atoms. The van der Waals surface area contributed by atoms with Crippen LogP contribution in [0.2, 0.25) is 0 Å². The number of carbonyl (C=O) groups is 3. The molecule has 1 N–H and O–H groups in total. The van der Waals surface area contributed by atoms with E-state index in [1.165, 1.54) is 0 Å². The minimum absolute atomic E-state index is 0.0799. The summed E-state index contributed by atoms with van der Waals surface area (Å²) >= 11 is 0. The number of hydrogen-bond acceptors (Lipinski definition) is 3. The zero-order valence-corrected chi connectivity index (χ0v) is 17.8. The Kier molecular flexibility index (Phi) is 4.63. The van der Waals surface area contributed by atoms with Crippen molar-refractivity contribution in [2.24, 2.45) is 0 Å². The molecule has 6 heteroatoms. The van der Waals surface area contributed by atoms with E-state index in [0.717, 1.165) is 38.8 Å². The molecule has 1 aromatic heterocycles. The van der Waals surface area contributed by atoms with Gasteiger partial charge < -0.3 is 4.57 Å². The summed E-state index contributed by atoms with van der Waals surface area (Å²) in [5.41, 5.74) is 4.28. The number of rotatable bonds is 3. The van der Waals surface area contributed by atoms with E-state index in [1.807, 2.05) is 49.4 Å². The van der Waals surface area contributed by atoms with Crippen LogP contribution in [-0.2, 0) is 16.1 Å². The lowest BCUT2D eigenvalue weighted by molar-refractivity contribution is -0.122. The van der Waals surface area contributed by atoms with Gasteiger partial charge in [-0.1, -0.05) is 42.0 Å². The van der Waals surface area contributed by atoms with Crippen LogP contribution < -0.4 is 10.2 Å². The summed E-state index contributed by atoms with van der Waals surface area (Å²) in [5, 5.41) is 4.44. The molecule has 0 unspecified atom stereocenters. The van der Waals surface area contributed by atoms with Crippen LogP contribution in [0.1, 0.15) is 18.1 Å². The lowest BCUT2D eigenvalue weighted by Crippen LogP contribution is -2.54. The van der Waals surface area contributed by atoms with Crippen molar-refractivity contribution in [1.82, 2.24) is 9.88 Å². The van der Waals surface area contributed by atoms with Crippen LogP contribution in [0.4, 0.5) is 10.5 Å². The van der Waals surface area contributed by atoms with E-state index in [9.17, 15) is 14.4 Å². The first kappa shape index (κ1) is 19.8. The van der Waals surface area contributed by atoms with Gasteiger partial charge in [0.2, 0.25) is 0 Å². The Labute approximate surface area is 184 Å². The normalized spacial score (nSPS) is 15.8. The van der Waals surface area contributed by atoms with E-state index in [1.54, 1.807) is 18.2 Å². The van der Waals surface area contributed by atoms with Crippen molar-refractivity contribution < 1.29 is 14.4 Å². The van der Waals surface area contributed by atoms with Crippen molar-refractivity contribution in [2.75, 3.05) is 4.90 Å². The Balaban J connectivity index is 1.60. The highest BCUT2D eigenvalue weighted by Gasteiger charge is 2.36. The summed E-state index contributed by atoms with van der Waals surface area (Å²) in [7, 11) is 0. The van der Waals surface area contributed by atoms with Crippen molar-refractivity contribution in [3.8, 4) is 0 Å². The molecule has 0 aliphatic carbocycles. The highest BCUT2D eigenvalue weighted by atomic mass is 16.2. The maximum absolute atomic E-state index is 13.1. The van der Waals surface area contributed by atoms with Crippen LogP contribution >= 0.6 is 0 Å². The highest BCUT2D eigenvalue weighted by molar-refractivity contribution is 6.39. The molecule has 6 nitrogen and oxygen atoms in total. The molecule has 1 saturated heterocycles. The molecule has 0 spiro atoms. The zero-order chi connectivity index (χ0) is 22.4. The molecule has 0 saturated carbocycles. The monoisotopic (exact) mass is 423 g/mol. The summed E-state index contributed by atoms with van der Waals surface area (Å²) in [6, 6.07) is 20.3. The van der Waals surface area contributed by atoms with Gasteiger partial charge in [0.1, 0.15) is 5.57 Å². The summed E-state index contributed by atoms with van der Waals surface area (Å²) in [5.74, 6) is -1.34. The largest absolute Gasteiger partial charge is 0.341 e. The van der Waals surface area contributed by atoms with Gasteiger partial charge in [-0.3, -0.25) is 14.9 Å². The first-order chi connectivity index (χ1) is 15.5. The number of urea groups is 1. The minimum atomic E-state index is -0.748. The quantitative estimate of drug-likeness (QED) is 0.380. The Morgan fingerprint density at radius 3 is 2.34 bits per heavy atom. The second-order valence-electron chi connectivity index (χ2n) is 7.83. The molecular formula is C26H21N3O3. The van der Waals surface area contributed by atoms with Crippen LogP contribution in [-0.4, -0.2) is 22.4 Å². The molecule has 1 fully saturated rings. The number of hydrogen-bond donors (Lipinski definition) is 1. The van der Waals surface area contributed by atoms with E-state index in [2.05, 4.69) is 28.9 Å². The van der Waals surface area contributed by atoms with Crippen molar-refractivity contribution in [1.29, 1.82) is 0 Å². The van der Waals surface area contributed by atoms with Crippen LogP contribution in [0.15, 0.2) is 72.3 Å². The fourth-order valence-electron chi connectivity index (χ4n) is 4.25. The van der Waals surface area contributed by atoms with E-state index >= 15 is 0 Å². The third-order valence-electron chi connectivity index (χ3n) is 5.82. The molecule has 0 radical (unpaired) electrons. The van der Waals surface area contributed by atoms with Crippen molar-refractivity contribution in [2.45, 2.75) is 20.4 Å². The number of barbiturate groups is 1. The first-order valence-corrected chi connectivity index (χ1v) is 10.5. The first-order valence-electron chi connectivity index (χ1n) is 10.5. The van der Waals surface area contributed by atoms with Gasteiger partial charge >= 0.3 is 6.03 Å². The molecule has 2 heterocycles. The third kappa shape index (κ3) is 3.08. The van der Waals surface area contributed by atoms with Crippen LogP contribution in [0.25, 0.3) is 27.9 Å². The molecule has 1 aliphatic heterocycles. The van der Waals surface area contributed by atoms with E-state index in [0.29, 0.717) is 11.3 Å². The SMILES string of the molecule is CCn1c2ccccc2c2cc(/C=C3\C(=O)NC(=O)N(c4ccc(C)cc4)C3=O)ccc21. The standard InChI is InChI=1S/C26H21N3O3/c1-3-28-22-7-5-4-6-19(22)20-14-17(10-13-23(20)28)15-21-24(30)27-26(32)29(25(21)31)18-11-8-16(2)9-12-18/h4-15H,3H2,1-2H3,(H,27,30,32)/b21-15+. The van der Waals surface area contributed by atoms with Crippen LogP contribution in [0.3, 0.4) is 0 Å². The average Bonchev–Trinajstić information content (AvgIpc) is 3.11. The van der Waals surface area contributed by atoms with E-state index < -0.39 is 17.8 Å². The summed E-state index contributed by atoms with van der Waals surface area (Å²) in [6.45, 7) is 4.85. The number of carbonyl (C=O) groups excluding carboxylic acids is 3. The van der Waals surface area contributed by atoms with Gasteiger partial charge in [0.05, 0.1) is 5.69 Å². The fraction of sp³-hybridized carbons (Fsp3) is 0.115. The smallest absolute Gasteiger partial charge is 0.335 e. The Hall–Kier alpha value is -4.19.